The van der Waals surface area contributed by atoms with Gasteiger partial charge in [-0.3, -0.25) is 9.59 Å². The molecule has 2 aliphatic rings. The van der Waals surface area contributed by atoms with Crippen LogP contribution in [0, 0.1) is 23.7 Å². The van der Waals surface area contributed by atoms with Gasteiger partial charge in [0.15, 0.2) is 0 Å². The molecule has 0 saturated heterocycles. The van der Waals surface area contributed by atoms with E-state index < -0.39 is 0 Å². The molecule has 5 unspecified atom stereocenters. The predicted molar refractivity (Wildman–Crippen MR) is 74.9 cm³/mol. The van der Waals surface area contributed by atoms with Gasteiger partial charge in [-0.05, 0) is 30.6 Å². The Kier molecular flexibility index (Phi) is 4.71. The average molecular weight is 282 g/mol. The van der Waals surface area contributed by atoms with Gasteiger partial charge < -0.3 is 9.47 Å². The van der Waals surface area contributed by atoms with Gasteiger partial charge in [0.1, 0.15) is 12.2 Å². The first-order valence-electron chi connectivity index (χ1n) is 7.76. The summed E-state index contributed by atoms with van der Waals surface area (Å²) in [6.07, 6.45) is 3.71. The van der Waals surface area contributed by atoms with Crippen molar-refractivity contribution < 1.29 is 19.1 Å². The maximum absolute atomic E-state index is 12.1. The van der Waals surface area contributed by atoms with E-state index in [0.717, 1.165) is 12.8 Å². The normalized spacial score (nSPS) is 36.5. The smallest absolute Gasteiger partial charge is 0.313 e. The quantitative estimate of drug-likeness (QED) is 0.744. The van der Waals surface area contributed by atoms with Gasteiger partial charge in [-0.1, -0.05) is 27.2 Å². The van der Waals surface area contributed by atoms with E-state index in [1.807, 2.05) is 0 Å². The van der Waals surface area contributed by atoms with Gasteiger partial charge in [0.25, 0.3) is 0 Å². The van der Waals surface area contributed by atoms with Gasteiger partial charge in [-0.15, -0.1) is 0 Å². The second-order valence-corrected chi connectivity index (χ2v) is 6.79. The first-order chi connectivity index (χ1) is 9.38. The molecule has 0 spiro atoms. The van der Waals surface area contributed by atoms with Crippen molar-refractivity contribution in [2.24, 2.45) is 23.7 Å². The SMILES string of the molecule is CC(=O)OC1CC1C(=O)OC1CC(C)CCC1C(C)C. The Morgan fingerprint density at radius 1 is 1.05 bits per heavy atom. The van der Waals surface area contributed by atoms with E-state index in [1.54, 1.807) is 0 Å². The van der Waals surface area contributed by atoms with Crippen molar-refractivity contribution >= 4 is 11.9 Å². The summed E-state index contributed by atoms with van der Waals surface area (Å²) in [5.41, 5.74) is 0. The van der Waals surface area contributed by atoms with Gasteiger partial charge in [0.2, 0.25) is 0 Å². The molecule has 2 fully saturated rings. The molecule has 2 saturated carbocycles. The summed E-state index contributed by atoms with van der Waals surface area (Å²) in [6, 6.07) is 0. The molecule has 0 aromatic carbocycles. The van der Waals surface area contributed by atoms with Gasteiger partial charge in [0, 0.05) is 13.3 Å². The molecule has 0 aliphatic heterocycles. The van der Waals surface area contributed by atoms with Crippen LogP contribution in [0.5, 0.6) is 0 Å². The molecule has 20 heavy (non-hydrogen) atoms. The predicted octanol–water partition coefficient (Wildman–Crippen LogP) is 2.94. The highest BCUT2D eigenvalue weighted by atomic mass is 16.6. The highest BCUT2D eigenvalue weighted by molar-refractivity contribution is 5.77. The van der Waals surface area contributed by atoms with Crippen LogP contribution < -0.4 is 0 Å². The van der Waals surface area contributed by atoms with Crippen molar-refractivity contribution in [2.45, 2.75) is 65.6 Å². The van der Waals surface area contributed by atoms with Crippen LogP contribution in [0.2, 0.25) is 0 Å². The van der Waals surface area contributed by atoms with E-state index in [4.69, 9.17) is 9.47 Å². The Hall–Kier alpha value is -1.06. The molecule has 4 heteroatoms. The van der Waals surface area contributed by atoms with Crippen LogP contribution in [-0.4, -0.2) is 24.1 Å². The van der Waals surface area contributed by atoms with Crippen LogP contribution >= 0.6 is 0 Å². The molecular weight excluding hydrogens is 256 g/mol. The van der Waals surface area contributed by atoms with Crippen molar-refractivity contribution in [1.29, 1.82) is 0 Å². The van der Waals surface area contributed by atoms with E-state index in [1.165, 1.54) is 13.3 Å². The van der Waals surface area contributed by atoms with Crippen LogP contribution in [0.4, 0.5) is 0 Å². The Morgan fingerprint density at radius 3 is 2.35 bits per heavy atom. The first-order valence-corrected chi connectivity index (χ1v) is 7.76. The molecule has 0 radical (unpaired) electrons. The van der Waals surface area contributed by atoms with E-state index in [9.17, 15) is 9.59 Å². The number of rotatable bonds is 4. The average Bonchev–Trinajstić information content (AvgIpc) is 3.07. The van der Waals surface area contributed by atoms with Crippen molar-refractivity contribution in [3.05, 3.63) is 0 Å². The van der Waals surface area contributed by atoms with Crippen LogP contribution in [0.15, 0.2) is 0 Å². The number of ether oxygens (including phenoxy) is 2. The molecule has 0 aromatic rings. The third-order valence-corrected chi connectivity index (χ3v) is 4.58. The molecule has 2 rings (SSSR count). The number of carbonyl (C=O) groups is 2. The minimum atomic E-state index is -0.323. The lowest BCUT2D eigenvalue weighted by molar-refractivity contribution is -0.159. The highest BCUT2D eigenvalue weighted by Crippen LogP contribution is 2.39. The largest absolute Gasteiger partial charge is 0.462 e. The van der Waals surface area contributed by atoms with E-state index in [-0.39, 0.29) is 30.1 Å². The zero-order valence-corrected chi connectivity index (χ0v) is 12.9. The Labute approximate surface area is 121 Å². The third kappa shape index (κ3) is 3.74. The molecule has 4 nitrogen and oxygen atoms in total. The monoisotopic (exact) mass is 282 g/mol. The maximum atomic E-state index is 12.1. The van der Waals surface area contributed by atoms with Crippen molar-refractivity contribution in [3.8, 4) is 0 Å². The Bertz CT molecular complexity index is 377. The van der Waals surface area contributed by atoms with E-state index in [0.29, 0.717) is 24.2 Å². The first kappa shape index (κ1) is 15.3. The number of hydrogen-bond donors (Lipinski definition) is 0. The number of esters is 2. The molecule has 2 aliphatic carbocycles. The lowest BCUT2D eigenvalue weighted by Gasteiger charge is -2.36. The molecule has 0 N–H and O–H groups in total. The Balaban J connectivity index is 1.87. The van der Waals surface area contributed by atoms with Crippen molar-refractivity contribution in [1.82, 2.24) is 0 Å². The van der Waals surface area contributed by atoms with Gasteiger partial charge in [-0.2, -0.15) is 0 Å². The molecule has 114 valence electrons. The zero-order chi connectivity index (χ0) is 14.9. The molecule has 0 aromatic heterocycles. The standard InChI is InChI=1S/C16H26O4/c1-9(2)12-6-5-10(3)7-14(12)20-16(18)13-8-15(13)19-11(4)17/h9-10,12-15H,5-8H2,1-4H3. The summed E-state index contributed by atoms with van der Waals surface area (Å²) in [5.74, 6) is 0.873. The van der Waals surface area contributed by atoms with Crippen LogP contribution in [-0.2, 0) is 19.1 Å². The van der Waals surface area contributed by atoms with Crippen molar-refractivity contribution in [3.63, 3.8) is 0 Å². The zero-order valence-electron chi connectivity index (χ0n) is 12.9. The third-order valence-electron chi connectivity index (χ3n) is 4.58. The second-order valence-electron chi connectivity index (χ2n) is 6.79. The maximum Gasteiger partial charge on any atom is 0.313 e. The summed E-state index contributed by atoms with van der Waals surface area (Å²) in [7, 11) is 0. The van der Waals surface area contributed by atoms with Crippen LogP contribution in [0.25, 0.3) is 0 Å². The molecule has 0 heterocycles. The fraction of sp³-hybridized carbons (Fsp3) is 0.875. The topological polar surface area (TPSA) is 52.6 Å². The van der Waals surface area contributed by atoms with Gasteiger partial charge >= 0.3 is 11.9 Å². The van der Waals surface area contributed by atoms with E-state index >= 15 is 0 Å². The van der Waals surface area contributed by atoms with Crippen LogP contribution in [0.3, 0.4) is 0 Å². The van der Waals surface area contributed by atoms with Crippen LogP contribution in [0.1, 0.15) is 53.4 Å². The minimum Gasteiger partial charge on any atom is -0.462 e. The summed E-state index contributed by atoms with van der Waals surface area (Å²) < 4.78 is 10.8. The molecular formula is C16H26O4. The van der Waals surface area contributed by atoms with Gasteiger partial charge in [-0.25, -0.2) is 0 Å². The Morgan fingerprint density at radius 2 is 1.75 bits per heavy atom. The highest BCUT2D eigenvalue weighted by Gasteiger charge is 2.48. The number of hydrogen-bond acceptors (Lipinski definition) is 4. The fourth-order valence-corrected chi connectivity index (χ4v) is 3.25. The fourth-order valence-electron chi connectivity index (χ4n) is 3.25. The minimum absolute atomic E-state index is 0.0322. The second kappa shape index (κ2) is 6.15. The lowest BCUT2D eigenvalue weighted by Crippen LogP contribution is -2.36. The summed E-state index contributed by atoms with van der Waals surface area (Å²) in [5, 5.41) is 0. The summed E-state index contributed by atoms with van der Waals surface area (Å²) in [4.78, 5) is 23.0. The number of carbonyl (C=O) groups excluding carboxylic acids is 2. The molecule has 0 bridgehead atoms. The summed E-state index contributed by atoms with van der Waals surface area (Å²) >= 11 is 0. The molecule has 0 amide bonds. The van der Waals surface area contributed by atoms with Crippen molar-refractivity contribution in [2.75, 3.05) is 0 Å². The van der Waals surface area contributed by atoms with E-state index in [2.05, 4.69) is 20.8 Å². The van der Waals surface area contributed by atoms with Gasteiger partial charge in [0.05, 0.1) is 5.92 Å². The lowest BCUT2D eigenvalue weighted by atomic mass is 9.75. The molecule has 5 atom stereocenters. The summed E-state index contributed by atoms with van der Waals surface area (Å²) in [6.45, 7) is 7.98.